The van der Waals surface area contributed by atoms with Crippen LogP contribution in [0.15, 0.2) is 24.3 Å². The number of fused-ring (bicyclic) bond motifs is 1. The molecule has 1 heterocycles. The van der Waals surface area contributed by atoms with Crippen molar-refractivity contribution in [3.8, 4) is 0 Å². The highest BCUT2D eigenvalue weighted by atomic mass is 16.4. The highest BCUT2D eigenvalue weighted by molar-refractivity contribution is 5.85. The van der Waals surface area contributed by atoms with Gasteiger partial charge in [0, 0.05) is 30.1 Å². The number of carboxylic acid groups (broad SMARTS) is 1. The van der Waals surface area contributed by atoms with Crippen LogP contribution in [0.1, 0.15) is 30.5 Å². The molecular weight excluding hydrogens is 226 g/mol. The number of carboxylic acids is 1. The average Bonchev–Trinajstić information content (AvgIpc) is 2.59. The van der Waals surface area contributed by atoms with Crippen LogP contribution in [0.4, 0.5) is 0 Å². The Bertz CT molecular complexity index is 569. The molecule has 3 heteroatoms. The maximum absolute atomic E-state index is 10.5. The Hall–Kier alpha value is -1.77. The second-order valence-corrected chi connectivity index (χ2v) is 4.74. The zero-order valence-corrected chi connectivity index (χ0v) is 10.9. The SMILES string of the molecule is Cc1c(CCCCC(=O)O)c2ccccc2n1C. The number of para-hydroxylation sites is 1. The van der Waals surface area contributed by atoms with Crippen molar-refractivity contribution >= 4 is 16.9 Å². The van der Waals surface area contributed by atoms with Gasteiger partial charge in [0.2, 0.25) is 0 Å². The first-order valence-corrected chi connectivity index (χ1v) is 6.36. The molecule has 0 atom stereocenters. The second kappa shape index (κ2) is 5.25. The van der Waals surface area contributed by atoms with E-state index in [1.807, 2.05) is 0 Å². The largest absolute Gasteiger partial charge is 0.481 e. The van der Waals surface area contributed by atoms with Crippen LogP contribution in [0, 0.1) is 6.92 Å². The predicted molar refractivity (Wildman–Crippen MR) is 72.8 cm³/mol. The van der Waals surface area contributed by atoms with Crippen molar-refractivity contribution in [3.05, 3.63) is 35.5 Å². The van der Waals surface area contributed by atoms with Crippen molar-refractivity contribution in [3.63, 3.8) is 0 Å². The Kier molecular flexibility index (Phi) is 3.70. The van der Waals surface area contributed by atoms with Gasteiger partial charge in [-0.05, 0) is 37.8 Å². The molecule has 1 N–H and O–H groups in total. The Labute approximate surface area is 107 Å². The van der Waals surface area contributed by atoms with Crippen LogP contribution in [0.25, 0.3) is 10.9 Å². The third-order valence-corrected chi connectivity index (χ3v) is 3.60. The zero-order chi connectivity index (χ0) is 13.1. The van der Waals surface area contributed by atoms with Crippen LogP contribution >= 0.6 is 0 Å². The molecule has 0 aliphatic heterocycles. The van der Waals surface area contributed by atoms with E-state index in [2.05, 4.69) is 42.8 Å². The van der Waals surface area contributed by atoms with E-state index in [1.54, 1.807) is 0 Å². The van der Waals surface area contributed by atoms with Crippen molar-refractivity contribution in [2.45, 2.75) is 32.6 Å². The highest BCUT2D eigenvalue weighted by Crippen LogP contribution is 2.26. The lowest BCUT2D eigenvalue weighted by Gasteiger charge is -2.02. The standard InChI is InChI=1S/C15H19NO2/c1-11-12(7-4-6-10-15(17)18)13-8-3-5-9-14(13)16(11)2/h3,5,8-9H,4,6-7,10H2,1-2H3,(H,17,18). The number of aryl methyl sites for hydroxylation is 2. The summed E-state index contributed by atoms with van der Waals surface area (Å²) in [6, 6.07) is 8.39. The molecule has 0 spiro atoms. The van der Waals surface area contributed by atoms with Gasteiger partial charge in [0.25, 0.3) is 0 Å². The Morgan fingerprint density at radius 3 is 2.72 bits per heavy atom. The summed E-state index contributed by atoms with van der Waals surface area (Å²) in [5.74, 6) is -0.704. The fraction of sp³-hybridized carbons (Fsp3) is 0.400. The number of aliphatic carboxylic acids is 1. The molecule has 0 fully saturated rings. The predicted octanol–water partition coefficient (Wildman–Crippen LogP) is 3.28. The molecule has 0 amide bonds. The van der Waals surface area contributed by atoms with Gasteiger partial charge in [-0.15, -0.1) is 0 Å². The van der Waals surface area contributed by atoms with Gasteiger partial charge in [0.05, 0.1) is 0 Å². The van der Waals surface area contributed by atoms with E-state index in [0.29, 0.717) is 0 Å². The molecule has 96 valence electrons. The molecule has 3 nitrogen and oxygen atoms in total. The summed E-state index contributed by atoms with van der Waals surface area (Å²) in [7, 11) is 2.08. The van der Waals surface area contributed by atoms with E-state index in [9.17, 15) is 4.79 Å². The molecule has 18 heavy (non-hydrogen) atoms. The number of hydrogen-bond donors (Lipinski definition) is 1. The Balaban J connectivity index is 2.17. The number of nitrogens with zero attached hydrogens (tertiary/aromatic N) is 1. The molecule has 2 aromatic rings. The first-order valence-electron chi connectivity index (χ1n) is 6.36. The van der Waals surface area contributed by atoms with Crippen molar-refractivity contribution in [2.75, 3.05) is 0 Å². The smallest absolute Gasteiger partial charge is 0.303 e. The molecule has 1 aromatic carbocycles. The Morgan fingerprint density at radius 1 is 1.28 bits per heavy atom. The summed E-state index contributed by atoms with van der Waals surface area (Å²) in [6.07, 6.45) is 2.91. The summed E-state index contributed by atoms with van der Waals surface area (Å²) in [4.78, 5) is 10.5. The normalized spacial score (nSPS) is 11.0. The van der Waals surface area contributed by atoms with Crippen LogP contribution in [0.5, 0.6) is 0 Å². The molecule has 0 bridgehead atoms. The van der Waals surface area contributed by atoms with Crippen molar-refractivity contribution in [2.24, 2.45) is 7.05 Å². The lowest BCUT2D eigenvalue weighted by Crippen LogP contribution is -1.96. The summed E-state index contributed by atoms with van der Waals surface area (Å²) >= 11 is 0. The van der Waals surface area contributed by atoms with Gasteiger partial charge in [-0.2, -0.15) is 0 Å². The third kappa shape index (κ3) is 2.40. The van der Waals surface area contributed by atoms with Crippen LogP contribution in [0.3, 0.4) is 0 Å². The molecule has 0 unspecified atom stereocenters. The molecule has 2 rings (SSSR count). The Morgan fingerprint density at radius 2 is 2.00 bits per heavy atom. The van der Waals surface area contributed by atoms with Crippen molar-refractivity contribution < 1.29 is 9.90 Å². The number of rotatable bonds is 5. The molecule has 0 aliphatic carbocycles. The average molecular weight is 245 g/mol. The molecular formula is C15H19NO2. The number of carbonyl (C=O) groups is 1. The van der Waals surface area contributed by atoms with Crippen LogP contribution < -0.4 is 0 Å². The number of hydrogen-bond acceptors (Lipinski definition) is 1. The fourth-order valence-corrected chi connectivity index (χ4v) is 2.49. The maximum atomic E-state index is 10.5. The topological polar surface area (TPSA) is 42.2 Å². The van der Waals surface area contributed by atoms with E-state index >= 15 is 0 Å². The lowest BCUT2D eigenvalue weighted by molar-refractivity contribution is -0.137. The molecule has 0 aliphatic rings. The van der Waals surface area contributed by atoms with Gasteiger partial charge in [-0.1, -0.05) is 18.2 Å². The lowest BCUT2D eigenvalue weighted by atomic mass is 10.0. The van der Waals surface area contributed by atoms with Crippen LogP contribution in [-0.2, 0) is 18.3 Å². The van der Waals surface area contributed by atoms with Crippen molar-refractivity contribution in [1.29, 1.82) is 0 Å². The summed E-state index contributed by atoms with van der Waals surface area (Å²) in [6.45, 7) is 2.13. The maximum Gasteiger partial charge on any atom is 0.303 e. The summed E-state index contributed by atoms with van der Waals surface area (Å²) in [5.41, 5.74) is 3.90. The first kappa shape index (κ1) is 12.7. The monoisotopic (exact) mass is 245 g/mol. The van der Waals surface area contributed by atoms with Crippen LogP contribution in [-0.4, -0.2) is 15.6 Å². The first-order chi connectivity index (χ1) is 8.61. The van der Waals surface area contributed by atoms with E-state index in [0.717, 1.165) is 19.3 Å². The number of unbranched alkanes of at least 4 members (excludes halogenated alkanes) is 1. The van der Waals surface area contributed by atoms with E-state index in [1.165, 1.54) is 22.2 Å². The number of aromatic nitrogens is 1. The van der Waals surface area contributed by atoms with E-state index in [-0.39, 0.29) is 6.42 Å². The minimum atomic E-state index is -0.704. The van der Waals surface area contributed by atoms with E-state index in [4.69, 9.17) is 5.11 Å². The second-order valence-electron chi connectivity index (χ2n) is 4.74. The van der Waals surface area contributed by atoms with Gasteiger partial charge in [0.15, 0.2) is 0 Å². The molecule has 0 radical (unpaired) electrons. The quantitative estimate of drug-likeness (QED) is 0.821. The minimum absolute atomic E-state index is 0.268. The van der Waals surface area contributed by atoms with Gasteiger partial charge >= 0.3 is 5.97 Å². The summed E-state index contributed by atoms with van der Waals surface area (Å²) < 4.78 is 2.21. The highest BCUT2D eigenvalue weighted by Gasteiger charge is 2.10. The fourth-order valence-electron chi connectivity index (χ4n) is 2.49. The van der Waals surface area contributed by atoms with Gasteiger partial charge in [-0.3, -0.25) is 4.79 Å². The minimum Gasteiger partial charge on any atom is -0.481 e. The van der Waals surface area contributed by atoms with E-state index < -0.39 is 5.97 Å². The molecule has 0 saturated carbocycles. The van der Waals surface area contributed by atoms with Crippen LogP contribution in [0.2, 0.25) is 0 Å². The van der Waals surface area contributed by atoms with Gasteiger partial charge in [0.1, 0.15) is 0 Å². The van der Waals surface area contributed by atoms with Gasteiger partial charge in [-0.25, -0.2) is 0 Å². The third-order valence-electron chi connectivity index (χ3n) is 3.60. The molecule has 1 aromatic heterocycles. The van der Waals surface area contributed by atoms with Gasteiger partial charge < -0.3 is 9.67 Å². The number of benzene rings is 1. The van der Waals surface area contributed by atoms with Crippen molar-refractivity contribution in [1.82, 2.24) is 4.57 Å². The molecule has 0 saturated heterocycles. The summed E-state index contributed by atoms with van der Waals surface area (Å²) in [5, 5.41) is 9.94. The zero-order valence-electron chi connectivity index (χ0n) is 10.9.